The molecule has 0 nitrogen and oxygen atoms in total. The van der Waals surface area contributed by atoms with Crippen molar-refractivity contribution < 1.29 is 0 Å². The summed E-state index contributed by atoms with van der Waals surface area (Å²) in [4.78, 5) is 0. The molecule has 0 aliphatic carbocycles. The largest absolute Gasteiger partial charge is 0.0967 e. The van der Waals surface area contributed by atoms with Crippen LogP contribution in [-0.4, -0.2) is 29.4 Å². The van der Waals surface area contributed by atoms with Crippen LogP contribution in [0.2, 0.25) is 52.4 Å². The van der Waals surface area contributed by atoms with E-state index in [-0.39, 0.29) is 0 Å². The lowest BCUT2D eigenvalue weighted by Gasteiger charge is -2.53. The minimum atomic E-state index is -1.45. The molecule has 0 aliphatic rings. The standard InChI is InChI=1S/C24H38Si4/c1-25(2,21-19-23-15-11-9-12-16-23)27(5,6)28(7,8)26(3,4)22-20-24-17-13-10-14-18-24/h9-22H,1-8H3/b21-19+,22-20+. The zero-order chi connectivity index (χ0) is 21.1. The SMILES string of the molecule is C[Si](C)(/C=C/c1ccccc1)[Si](C)(C)[Si](C)(C)[Si](C)(C)/C=C/c1ccccc1. The Balaban J connectivity index is 2.32. The zero-order valence-electron chi connectivity index (χ0n) is 19.1. The Morgan fingerprint density at radius 2 is 0.750 bits per heavy atom. The van der Waals surface area contributed by atoms with Crippen LogP contribution in [0.3, 0.4) is 0 Å². The summed E-state index contributed by atoms with van der Waals surface area (Å²) in [6.07, 6.45) is 4.81. The lowest BCUT2D eigenvalue weighted by molar-refractivity contribution is 1.66. The average molecular weight is 439 g/mol. The molecule has 4 heteroatoms. The van der Waals surface area contributed by atoms with E-state index >= 15 is 0 Å². The van der Waals surface area contributed by atoms with Crippen LogP contribution in [0.25, 0.3) is 12.2 Å². The molecule has 0 spiro atoms. The van der Waals surface area contributed by atoms with E-state index in [1.165, 1.54) is 11.1 Å². The normalized spacial score (nSPS) is 14.1. The van der Waals surface area contributed by atoms with Crippen LogP contribution in [0.15, 0.2) is 72.1 Å². The third-order valence-corrected chi connectivity index (χ3v) is 74.1. The first kappa shape index (κ1) is 23.1. The predicted octanol–water partition coefficient (Wildman–Crippen LogP) is 7.56. The van der Waals surface area contributed by atoms with Crippen molar-refractivity contribution in [1.82, 2.24) is 0 Å². The van der Waals surface area contributed by atoms with Crippen LogP contribution in [0.1, 0.15) is 11.1 Å². The van der Waals surface area contributed by atoms with Crippen molar-refractivity contribution in [3.63, 3.8) is 0 Å². The summed E-state index contributed by atoms with van der Waals surface area (Å²) < 4.78 is 0. The van der Waals surface area contributed by atoms with Gasteiger partial charge < -0.3 is 0 Å². The monoisotopic (exact) mass is 438 g/mol. The van der Waals surface area contributed by atoms with Crippen LogP contribution >= 0.6 is 0 Å². The van der Waals surface area contributed by atoms with Gasteiger partial charge in [0.15, 0.2) is 0 Å². The van der Waals surface area contributed by atoms with Gasteiger partial charge in [-0.1, -0.05) is 137 Å². The van der Waals surface area contributed by atoms with Crippen molar-refractivity contribution in [3.05, 3.63) is 83.2 Å². The van der Waals surface area contributed by atoms with E-state index in [1.54, 1.807) is 0 Å². The molecule has 0 unspecified atom stereocenters. The van der Waals surface area contributed by atoms with E-state index in [4.69, 9.17) is 0 Å². The molecule has 0 radical (unpaired) electrons. The van der Waals surface area contributed by atoms with Gasteiger partial charge in [0, 0.05) is 14.2 Å². The Hall–Kier alpha value is -1.21. The highest BCUT2D eigenvalue weighted by Crippen LogP contribution is 2.36. The Morgan fingerprint density at radius 1 is 0.464 bits per heavy atom. The average Bonchev–Trinajstić information content (AvgIpc) is 2.66. The maximum Gasteiger partial charge on any atom is 0.0620 e. The quantitative estimate of drug-likeness (QED) is 0.391. The minimum Gasteiger partial charge on any atom is -0.0967 e. The van der Waals surface area contributed by atoms with Gasteiger partial charge in [0.2, 0.25) is 0 Å². The Morgan fingerprint density at radius 3 is 1.04 bits per heavy atom. The van der Waals surface area contributed by atoms with Gasteiger partial charge in [-0.3, -0.25) is 0 Å². The lowest BCUT2D eigenvalue weighted by atomic mass is 10.2. The topological polar surface area (TPSA) is 0 Å². The van der Waals surface area contributed by atoms with Crippen molar-refractivity contribution in [3.8, 4) is 0 Å². The predicted molar refractivity (Wildman–Crippen MR) is 141 cm³/mol. The smallest absolute Gasteiger partial charge is 0.0620 e. The molecule has 0 atom stereocenters. The summed E-state index contributed by atoms with van der Waals surface area (Å²) in [6.45, 7) is 21.4. The molecule has 0 aromatic heterocycles. The summed E-state index contributed by atoms with van der Waals surface area (Å²) in [5.74, 6) is 0. The molecule has 0 fully saturated rings. The highest BCUT2D eigenvalue weighted by molar-refractivity contribution is 7.84. The molecule has 2 rings (SSSR count). The fourth-order valence-corrected chi connectivity index (χ4v) is 69.6. The molecule has 150 valence electrons. The second-order valence-corrected chi connectivity index (χ2v) is 50.0. The van der Waals surface area contributed by atoms with Crippen LogP contribution in [0, 0.1) is 0 Å². The summed E-state index contributed by atoms with van der Waals surface area (Å²) in [6, 6.07) is 21.6. The summed E-state index contributed by atoms with van der Waals surface area (Å²) in [5.41, 5.74) is 7.98. The van der Waals surface area contributed by atoms with Crippen LogP contribution in [-0.2, 0) is 0 Å². The van der Waals surface area contributed by atoms with E-state index in [0.717, 1.165) is 0 Å². The molecule has 2 aromatic carbocycles. The fraction of sp³-hybridized carbons (Fsp3) is 0.333. The highest BCUT2D eigenvalue weighted by atomic mass is 29.8. The Bertz CT molecular complexity index is 745. The van der Waals surface area contributed by atoms with E-state index in [2.05, 4.69) is 137 Å². The molecular weight excluding hydrogens is 401 g/mol. The molecule has 0 heterocycles. The third kappa shape index (κ3) is 4.85. The van der Waals surface area contributed by atoms with E-state index in [9.17, 15) is 0 Å². The molecule has 28 heavy (non-hydrogen) atoms. The minimum absolute atomic E-state index is 1.34. The van der Waals surface area contributed by atoms with Crippen molar-refractivity contribution in [2.45, 2.75) is 52.4 Å². The molecule has 0 saturated carbocycles. The van der Waals surface area contributed by atoms with Gasteiger partial charge in [-0.25, -0.2) is 0 Å². The summed E-state index contributed by atoms with van der Waals surface area (Å²) in [7, 11) is -5.66. The second-order valence-electron chi connectivity index (χ2n) is 10.2. The molecule has 0 bridgehead atoms. The molecule has 0 amide bonds. The summed E-state index contributed by atoms with van der Waals surface area (Å²) >= 11 is 0. The summed E-state index contributed by atoms with van der Waals surface area (Å²) in [5, 5.41) is 0. The van der Waals surface area contributed by atoms with Gasteiger partial charge in [-0.2, -0.15) is 0 Å². The van der Waals surface area contributed by atoms with E-state index in [1.807, 2.05) is 0 Å². The van der Waals surface area contributed by atoms with Gasteiger partial charge in [0.05, 0.1) is 15.2 Å². The van der Waals surface area contributed by atoms with Crippen molar-refractivity contribution in [1.29, 1.82) is 0 Å². The molecule has 2 aromatic rings. The first-order valence-corrected chi connectivity index (χ1v) is 25.5. The Labute approximate surface area is 176 Å². The second kappa shape index (κ2) is 8.65. The van der Waals surface area contributed by atoms with Gasteiger partial charge in [0.25, 0.3) is 0 Å². The highest BCUT2D eigenvalue weighted by Gasteiger charge is 2.57. The van der Waals surface area contributed by atoms with Gasteiger partial charge >= 0.3 is 0 Å². The van der Waals surface area contributed by atoms with Crippen LogP contribution in [0.5, 0.6) is 0 Å². The molecular formula is C24H38Si4. The Kier molecular flexibility index (Phi) is 7.13. The van der Waals surface area contributed by atoms with Crippen molar-refractivity contribution >= 4 is 41.6 Å². The van der Waals surface area contributed by atoms with Crippen molar-refractivity contribution in [2.24, 2.45) is 0 Å². The fourth-order valence-electron chi connectivity index (χ4n) is 3.76. The number of hydrogen-bond donors (Lipinski definition) is 0. The first-order valence-electron chi connectivity index (χ1n) is 10.4. The van der Waals surface area contributed by atoms with Crippen molar-refractivity contribution in [2.75, 3.05) is 0 Å². The third-order valence-electron chi connectivity index (χ3n) is 7.77. The van der Waals surface area contributed by atoms with Crippen LogP contribution in [0.4, 0.5) is 0 Å². The molecule has 0 N–H and O–H groups in total. The van der Waals surface area contributed by atoms with Crippen LogP contribution < -0.4 is 0 Å². The van der Waals surface area contributed by atoms with E-state index < -0.39 is 29.4 Å². The molecule has 0 aliphatic heterocycles. The number of hydrogen-bond acceptors (Lipinski definition) is 0. The van der Waals surface area contributed by atoms with Gasteiger partial charge in [-0.15, -0.1) is 0 Å². The first-order chi connectivity index (χ1) is 12.9. The van der Waals surface area contributed by atoms with Gasteiger partial charge in [-0.05, 0) is 11.1 Å². The van der Waals surface area contributed by atoms with Gasteiger partial charge in [0.1, 0.15) is 0 Å². The maximum absolute atomic E-state index is 2.71. The number of rotatable bonds is 7. The van der Waals surface area contributed by atoms with E-state index in [0.29, 0.717) is 0 Å². The maximum atomic E-state index is 2.71. The molecule has 0 saturated heterocycles. The lowest BCUT2D eigenvalue weighted by Crippen LogP contribution is -2.78. The zero-order valence-corrected chi connectivity index (χ0v) is 23.1. The number of benzene rings is 2.